The Bertz CT molecular complexity index is 368. The van der Waals surface area contributed by atoms with Crippen LogP contribution in [0.1, 0.15) is 22.8 Å². The average molecular weight is 227 g/mol. The largest absolute Gasteiger partial charge is 0.465 e. The lowest BCUT2D eigenvalue weighted by Gasteiger charge is -2.06. The summed E-state index contributed by atoms with van der Waals surface area (Å²) in [4.78, 5) is 16.0. The summed E-state index contributed by atoms with van der Waals surface area (Å²) in [5, 5.41) is 0. The highest BCUT2D eigenvalue weighted by Gasteiger charge is 2.11. The van der Waals surface area contributed by atoms with Crippen molar-refractivity contribution in [3.05, 3.63) is 35.1 Å². The van der Waals surface area contributed by atoms with Gasteiger partial charge in [-0.05, 0) is 24.6 Å². The van der Waals surface area contributed by atoms with Gasteiger partial charge >= 0.3 is 5.97 Å². The van der Waals surface area contributed by atoms with Crippen molar-refractivity contribution in [2.45, 2.75) is 13.5 Å². The molecule has 0 aliphatic carbocycles. The van der Waals surface area contributed by atoms with Gasteiger partial charge in [-0.3, -0.25) is 0 Å². The molecule has 88 valence electrons. The van der Waals surface area contributed by atoms with E-state index in [0.717, 1.165) is 0 Å². The lowest BCUT2D eigenvalue weighted by molar-refractivity contribution is 0.0463. The Kier molecular flexibility index (Phi) is 4.88. The molecule has 1 rings (SSSR count). The van der Waals surface area contributed by atoms with Crippen molar-refractivity contribution in [2.24, 2.45) is 0 Å². The van der Waals surface area contributed by atoms with Crippen LogP contribution < -0.4 is 5.48 Å². The molecule has 16 heavy (non-hydrogen) atoms. The van der Waals surface area contributed by atoms with E-state index < -0.39 is 11.8 Å². The first kappa shape index (κ1) is 12.6. The SMILES string of the molecule is CCONCc1ccc(C(=O)OC)c(F)c1. The molecule has 0 unspecified atom stereocenters. The molecule has 1 N–H and O–H groups in total. The first-order valence-corrected chi connectivity index (χ1v) is 4.90. The van der Waals surface area contributed by atoms with E-state index in [2.05, 4.69) is 10.2 Å². The van der Waals surface area contributed by atoms with E-state index in [9.17, 15) is 9.18 Å². The number of esters is 1. The first-order valence-electron chi connectivity index (χ1n) is 4.90. The molecule has 4 nitrogen and oxygen atoms in total. The molecular formula is C11H14FNO3. The molecule has 0 saturated carbocycles. The van der Waals surface area contributed by atoms with E-state index in [4.69, 9.17) is 4.84 Å². The normalized spacial score (nSPS) is 10.2. The summed E-state index contributed by atoms with van der Waals surface area (Å²) in [5.74, 6) is -1.27. The molecule has 0 atom stereocenters. The molecule has 1 aromatic rings. The summed E-state index contributed by atoms with van der Waals surface area (Å²) < 4.78 is 17.9. The summed E-state index contributed by atoms with van der Waals surface area (Å²) in [6.07, 6.45) is 0. The standard InChI is InChI=1S/C11H14FNO3/c1-3-16-13-7-8-4-5-9(10(12)6-8)11(14)15-2/h4-6,13H,3,7H2,1-2H3. The zero-order chi connectivity index (χ0) is 12.0. The van der Waals surface area contributed by atoms with Crippen LogP contribution >= 0.6 is 0 Å². The summed E-state index contributed by atoms with van der Waals surface area (Å²) in [5.41, 5.74) is 3.28. The molecule has 0 amide bonds. The Morgan fingerprint density at radius 3 is 2.81 bits per heavy atom. The van der Waals surface area contributed by atoms with Gasteiger partial charge in [0.05, 0.1) is 19.3 Å². The van der Waals surface area contributed by atoms with Gasteiger partial charge < -0.3 is 9.57 Å². The summed E-state index contributed by atoms with van der Waals surface area (Å²) in [6.45, 7) is 2.75. The second-order valence-corrected chi connectivity index (χ2v) is 3.06. The highest BCUT2D eigenvalue weighted by atomic mass is 19.1. The molecule has 1 aromatic carbocycles. The molecule has 0 spiro atoms. The Balaban J connectivity index is 2.71. The van der Waals surface area contributed by atoms with Crippen LogP contribution in [0.15, 0.2) is 18.2 Å². The maximum absolute atomic E-state index is 13.4. The van der Waals surface area contributed by atoms with Crippen LogP contribution in [0.25, 0.3) is 0 Å². The van der Waals surface area contributed by atoms with Gasteiger partial charge in [0, 0.05) is 6.54 Å². The zero-order valence-corrected chi connectivity index (χ0v) is 9.25. The van der Waals surface area contributed by atoms with E-state index in [1.807, 2.05) is 6.92 Å². The van der Waals surface area contributed by atoms with Crippen molar-refractivity contribution in [3.8, 4) is 0 Å². The Labute approximate surface area is 93.3 Å². The minimum Gasteiger partial charge on any atom is -0.465 e. The lowest BCUT2D eigenvalue weighted by Crippen LogP contribution is -2.14. The molecule has 0 radical (unpaired) electrons. The van der Waals surface area contributed by atoms with Crippen molar-refractivity contribution in [2.75, 3.05) is 13.7 Å². The fourth-order valence-corrected chi connectivity index (χ4v) is 1.18. The van der Waals surface area contributed by atoms with Crippen LogP contribution in [0.3, 0.4) is 0 Å². The third-order valence-corrected chi connectivity index (χ3v) is 1.96. The third-order valence-electron chi connectivity index (χ3n) is 1.96. The highest BCUT2D eigenvalue weighted by Crippen LogP contribution is 2.11. The monoisotopic (exact) mass is 227 g/mol. The number of nitrogens with one attached hydrogen (secondary N) is 1. The van der Waals surface area contributed by atoms with E-state index in [1.165, 1.54) is 19.2 Å². The third kappa shape index (κ3) is 3.29. The van der Waals surface area contributed by atoms with Crippen LogP contribution in [-0.4, -0.2) is 19.7 Å². The first-order chi connectivity index (χ1) is 7.69. The minimum absolute atomic E-state index is 0.0670. The zero-order valence-electron chi connectivity index (χ0n) is 9.25. The molecule has 0 bridgehead atoms. The van der Waals surface area contributed by atoms with Crippen LogP contribution in [0.2, 0.25) is 0 Å². The van der Waals surface area contributed by atoms with Crippen LogP contribution in [0.5, 0.6) is 0 Å². The molecule has 0 aromatic heterocycles. The molecule has 0 aliphatic heterocycles. The number of hydrogen-bond acceptors (Lipinski definition) is 4. The van der Waals surface area contributed by atoms with Gasteiger partial charge in [-0.1, -0.05) is 6.07 Å². The van der Waals surface area contributed by atoms with Gasteiger partial charge in [-0.2, -0.15) is 5.48 Å². The fourth-order valence-electron chi connectivity index (χ4n) is 1.18. The molecule has 0 fully saturated rings. The number of hydroxylamine groups is 1. The predicted octanol–water partition coefficient (Wildman–Crippen LogP) is 1.65. The minimum atomic E-state index is -0.679. The number of hydrogen-bond donors (Lipinski definition) is 1. The van der Waals surface area contributed by atoms with Crippen LogP contribution in [-0.2, 0) is 16.1 Å². The average Bonchev–Trinajstić information content (AvgIpc) is 2.29. The summed E-state index contributed by atoms with van der Waals surface area (Å²) in [6, 6.07) is 4.31. The number of methoxy groups -OCH3 is 1. The second kappa shape index (κ2) is 6.19. The molecule has 0 heterocycles. The van der Waals surface area contributed by atoms with Crippen molar-refractivity contribution < 1.29 is 18.8 Å². The molecular weight excluding hydrogens is 213 g/mol. The summed E-state index contributed by atoms with van der Waals surface area (Å²) in [7, 11) is 1.21. The van der Waals surface area contributed by atoms with Crippen molar-refractivity contribution in [1.29, 1.82) is 0 Å². The van der Waals surface area contributed by atoms with E-state index in [-0.39, 0.29) is 5.56 Å². The highest BCUT2D eigenvalue weighted by molar-refractivity contribution is 5.89. The van der Waals surface area contributed by atoms with Gasteiger partial charge in [-0.15, -0.1) is 0 Å². The van der Waals surface area contributed by atoms with Crippen molar-refractivity contribution in [1.82, 2.24) is 5.48 Å². The number of carbonyl (C=O) groups is 1. The number of rotatable bonds is 5. The lowest BCUT2D eigenvalue weighted by atomic mass is 10.1. The van der Waals surface area contributed by atoms with Crippen LogP contribution in [0, 0.1) is 5.82 Å². The summed E-state index contributed by atoms with van der Waals surface area (Å²) >= 11 is 0. The number of ether oxygens (including phenoxy) is 1. The van der Waals surface area contributed by atoms with Gasteiger partial charge in [-0.25, -0.2) is 9.18 Å². The number of benzene rings is 1. The van der Waals surface area contributed by atoms with Crippen molar-refractivity contribution in [3.63, 3.8) is 0 Å². The molecule has 5 heteroatoms. The number of carbonyl (C=O) groups excluding carboxylic acids is 1. The van der Waals surface area contributed by atoms with Gasteiger partial charge in [0.15, 0.2) is 0 Å². The topological polar surface area (TPSA) is 47.6 Å². The quantitative estimate of drug-likeness (QED) is 0.472. The molecule has 0 aliphatic rings. The Morgan fingerprint density at radius 1 is 1.50 bits per heavy atom. The maximum Gasteiger partial charge on any atom is 0.340 e. The van der Waals surface area contributed by atoms with E-state index in [1.54, 1.807) is 6.07 Å². The second-order valence-electron chi connectivity index (χ2n) is 3.06. The van der Waals surface area contributed by atoms with Crippen molar-refractivity contribution >= 4 is 5.97 Å². The Morgan fingerprint density at radius 2 is 2.25 bits per heavy atom. The van der Waals surface area contributed by atoms with Gasteiger partial charge in [0.2, 0.25) is 0 Å². The smallest absolute Gasteiger partial charge is 0.340 e. The van der Waals surface area contributed by atoms with E-state index >= 15 is 0 Å². The molecule has 0 saturated heterocycles. The predicted molar refractivity (Wildman–Crippen MR) is 56.2 cm³/mol. The maximum atomic E-state index is 13.4. The Hall–Kier alpha value is -1.46. The van der Waals surface area contributed by atoms with Crippen LogP contribution in [0.4, 0.5) is 4.39 Å². The van der Waals surface area contributed by atoms with E-state index in [0.29, 0.717) is 18.7 Å². The van der Waals surface area contributed by atoms with Gasteiger partial charge in [0.1, 0.15) is 5.82 Å². The van der Waals surface area contributed by atoms with Gasteiger partial charge in [0.25, 0.3) is 0 Å². The fraction of sp³-hybridized carbons (Fsp3) is 0.364. The number of halogens is 1.